The number of halogens is 1. The third-order valence-electron chi connectivity index (χ3n) is 1.60. The molecule has 0 saturated heterocycles. The molecular formula is C7H8ClN5S. The second kappa shape index (κ2) is 3.93. The smallest absolute Gasteiger partial charge is 0.208 e. The number of hydrogen-bond donors (Lipinski definition) is 1. The summed E-state index contributed by atoms with van der Waals surface area (Å²) in [6.45, 7) is 0.680. The molecule has 2 aromatic heterocycles. The van der Waals surface area contributed by atoms with E-state index in [4.69, 9.17) is 11.6 Å². The molecule has 0 unspecified atom stereocenters. The largest absolute Gasteiger partial charge is 0.356 e. The van der Waals surface area contributed by atoms with Crippen LogP contribution in [0, 0.1) is 0 Å². The summed E-state index contributed by atoms with van der Waals surface area (Å²) >= 11 is 6.95. The number of rotatable bonds is 3. The lowest BCUT2D eigenvalue weighted by Gasteiger charge is -1.96. The Morgan fingerprint density at radius 1 is 1.57 bits per heavy atom. The van der Waals surface area contributed by atoms with Gasteiger partial charge in [-0.2, -0.15) is 5.10 Å². The fourth-order valence-corrected chi connectivity index (χ4v) is 1.74. The molecule has 0 bridgehead atoms. The van der Waals surface area contributed by atoms with Crippen molar-refractivity contribution in [2.75, 3.05) is 5.32 Å². The van der Waals surface area contributed by atoms with Gasteiger partial charge in [-0.25, -0.2) is 0 Å². The zero-order valence-corrected chi connectivity index (χ0v) is 9.01. The lowest BCUT2D eigenvalue weighted by molar-refractivity contribution is 0.767. The first-order chi connectivity index (χ1) is 6.74. The fraction of sp³-hybridized carbons (Fsp3) is 0.286. The molecule has 7 heteroatoms. The molecule has 1 N–H and O–H groups in total. The van der Waals surface area contributed by atoms with Gasteiger partial charge in [0.1, 0.15) is 0 Å². The van der Waals surface area contributed by atoms with Crippen LogP contribution in [0.3, 0.4) is 0 Å². The molecule has 2 aromatic rings. The van der Waals surface area contributed by atoms with Crippen molar-refractivity contribution in [2.45, 2.75) is 6.54 Å². The van der Waals surface area contributed by atoms with Gasteiger partial charge in [0.15, 0.2) is 0 Å². The summed E-state index contributed by atoms with van der Waals surface area (Å²) in [5.41, 5.74) is 1.10. The molecule has 74 valence electrons. The summed E-state index contributed by atoms with van der Waals surface area (Å²) in [7, 11) is 1.88. The SMILES string of the molecule is Cn1cc(CNc2nnc(Cl)s2)cn1. The summed E-state index contributed by atoms with van der Waals surface area (Å²) in [5, 5.41) is 15.4. The monoisotopic (exact) mass is 229 g/mol. The van der Waals surface area contributed by atoms with E-state index in [0.717, 1.165) is 10.7 Å². The summed E-state index contributed by atoms with van der Waals surface area (Å²) in [4.78, 5) is 0. The standard InChI is InChI=1S/C7H8ClN5S/c1-13-4-5(3-10-13)2-9-7-12-11-6(8)14-7/h3-4H,2H2,1H3,(H,9,12). The zero-order valence-electron chi connectivity index (χ0n) is 7.44. The second-order valence-corrected chi connectivity index (χ2v) is 4.30. The highest BCUT2D eigenvalue weighted by Crippen LogP contribution is 2.19. The second-order valence-electron chi connectivity index (χ2n) is 2.74. The normalized spacial score (nSPS) is 10.4. The van der Waals surface area contributed by atoms with Crippen molar-refractivity contribution in [3.63, 3.8) is 0 Å². The van der Waals surface area contributed by atoms with E-state index in [2.05, 4.69) is 20.6 Å². The number of hydrogen-bond acceptors (Lipinski definition) is 5. The molecule has 2 rings (SSSR count). The molecule has 0 amide bonds. The predicted molar refractivity (Wildman–Crippen MR) is 55.5 cm³/mol. The number of aromatic nitrogens is 4. The first kappa shape index (κ1) is 9.42. The summed E-state index contributed by atoms with van der Waals surface area (Å²) in [6, 6.07) is 0. The average molecular weight is 230 g/mol. The molecular weight excluding hydrogens is 222 g/mol. The minimum Gasteiger partial charge on any atom is -0.356 e. The Morgan fingerprint density at radius 3 is 3.00 bits per heavy atom. The molecule has 0 fully saturated rings. The number of aryl methyl sites for hydroxylation is 1. The molecule has 0 aliphatic carbocycles. The van der Waals surface area contributed by atoms with Crippen molar-refractivity contribution in [1.82, 2.24) is 20.0 Å². The minimum atomic E-state index is 0.443. The van der Waals surface area contributed by atoms with Crippen molar-refractivity contribution in [1.29, 1.82) is 0 Å². The van der Waals surface area contributed by atoms with Crippen molar-refractivity contribution >= 4 is 28.1 Å². The maximum absolute atomic E-state index is 5.63. The van der Waals surface area contributed by atoms with Crippen LogP contribution in [0.5, 0.6) is 0 Å². The van der Waals surface area contributed by atoms with Crippen molar-refractivity contribution < 1.29 is 0 Å². The van der Waals surface area contributed by atoms with E-state index in [1.807, 2.05) is 13.2 Å². The quantitative estimate of drug-likeness (QED) is 0.868. The van der Waals surface area contributed by atoms with Gasteiger partial charge in [-0.1, -0.05) is 11.3 Å². The van der Waals surface area contributed by atoms with Gasteiger partial charge in [0, 0.05) is 25.4 Å². The summed E-state index contributed by atoms with van der Waals surface area (Å²) in [6.07, 6.45) is 3.74. The molecule has 14 heavy (non-hydrogen) atoms. The lowest BCUT2D eigenvalue weighted by Crippen LogP contribution is -1.97. The van der Waals surface area contributed by atoms with Crippen LogP contribution in [-0.4, -0.2) is 20.0 Å². The Kier molecular flexibility index (Phi) is 2.64. The highest BCUT2D eigenvalue weighted by atomic mass is 35.5. The van der Waals surface area contributed by atoms with E-state index in [-0.39, 0.29) is 0 Å². The lowest BCUT2D eigenvalue weighted by atomic mass is 10.4. The van der Waals surface area contributed by atoms with Gasteiger partial charge in [-0.15, -0.1) is 10.2 Å². The first-order valence-corrected chi connectivity index (χ1v) is 5.14. The first-order valence-electron chi connectivity index (χ1n) is 3.94. The van der Waals surface area contributed by atoms with Crippen molar-refractivity contribution in [3.05, 3.63) is 22.4 Å². The van der Waals surface area contributed by atoms with Gasteiger partial charge in [0.2, 0.25) is 9.60 Å². The van der Waals surface area contributed by atoms with E-state index in [0.29, 0.717) is 11.0 Å². The van der Waals surface area contributed by atoms with E-state index in [9.17, 15) is 0 Å². The van der Waals surface area contributed by atoms with Crippen LogP contribution in [-0.2, 0) is 13.6 Å². The Hall–Kier alpha value is -1.14. The van der Waals surface area contributed by atoms with Crippen LogP contribution < -0.4 is 5.32 Å². The van der Waals surface area contributed by atoms with Gasteiger partial charge in [0.25, 0.3) is 0 Å². The molecule has 2 heterocycles. The Bertz CT molecular complexity index is 383. The zero-order chi connectivity index (χ0) is 9.97. The van der Waals surface area contributed by atoms with E-state index in [1.165, 1.54) is 11.3 Å². The van der Waals surface area contributed by atoms with Crippen LogP contribution in [0.25, 0.3) is 0 Å². The number of nitrogens with one attached hydrogen (secondary N) is 1. The molecule has 0 radical (unpaired) electrons. The van der Waals surface area contributed by atoms with E-state index < -0.39 is 0 Å². The van der Waals surface area contributed by atoms with Crippen molar-refractivity contribution in [2.24, 2.45) is 7.05 Å². The average Bonchev–Trinajstić information content (AvgIpc) is 2.72. The van der Waals surface area contributed by atoms with Crippen molar-refractivity contribution in [3.8, 4) is 0 Å². The Balaban J connectivity index is 1.94. The highest BCUT2D eigenvalue weighted by molar-refractivity contribution is 7.18. The molecule has 5 nitrogen and oxygen atoms in total. The molecule has 0 aromatic carbocycles. The summed E-state index contributed by atoms with van der Waals surface area (Å²) in [5.74, 6) is 0. The van der Waals surface area contributed by atoms with E-state index in [1.54, 1.807) is 10.9 Å². The summed E-state index contributed by atoms with van der Waals surface area (Å²) < 4.78 is 2.20. The molecule has 0 atom stereocenters. The Labute approximate surface area is 89.7 Å². The Morgan fingerprint density at radius 2 is 2.43 bits per heavy atom. The number of nitrogens with zero attached hydrogens (tertiary/aromatic N) is 4. The van der Waals surface area contributed by atoms with Crippen LogP contribution in [0.1, 0.15) is 5.56 Å². The molecule has 0 spiro atoms. The fourth-order valence-electron chi connectivity index (χ4n) is 1.02. The maximum Gasteiger partial charge on any atom is 0.208 e. The molecule has 0 saturated carbocycles. The number of anilines is 1. The molecule has 0 aliphatic rings. The topological polar surface area (TPSA) is 55.6 Å². The minimum absolute atomic E-state index is 0.443. The molecule has 0 aliphatic heterocycles. The van der Waals surface area contributed by atoms with E-state index >= 15 is 0 Å². The van der Waals surface area contributed by atoms with Crippen LogP contribution in [0.2, 0.25) is 4.47 Å². The third-order valence-corrected chi connectivity index (χ3v) is 2.58. The van der Waals surface area contributed by atoms with Gasteiger partial charge in [-0.3, -0.25) is 4.68 Å². The maximum atomic E-state index is 5.63. The highest BCUT2D eigenvalue weighted by Gasteiger charge is 2.01. The van der Waals surface area contributed by atoms with Crippen LogP contribution >= 0.6 is 22.9 Å². The van der Waals surface area contributed by atoms with Gasteiger partial charge >= 0.3 is 0 Å². The van der Waals surface area contributed by atoms with Crippen LogP contribution in [0.15, 0.2) is 12.4 Å². The van der Waals surface area contributed by atoms with Crippen LogP contribution in [0.4, 0.5) is 5.13 Å². The third kappa shape index (κ3) is 2.21. The van der Waals surface area contributed by atoms with Gasteiger partial charge in [-0.05, 0) is 11.6 Å². The van der Waals surface area contributed by atoms with Gasteiger partial charge in [0.05, 0.1) is 6.20 Å². The van der Waals surface area contributed by atoms with Gasteiger partial charge < -0.3 is 5.32 Å². The predicted octanol–water partition coefficient (Wildman–Crippen LogP) is 1.54.